The molecular formula is C19H16N2O3. The molecule has 3 aromatic rings. The van der Waals surface area contributed by atoms with E-state index in [-0.39, 0.29) is 11.6 Å². The Kier molecular flexibility index (Phi) is 3.41. The number of hydrogen-bond acceptors (Lipinski definition) is 3. The lowest BCUT2D eigenvalue weighted by atomic mass is 9.95. The van der Waals surface area contributed by atoms with Crippen LogP contribution >= 0.6 is 0 Å². The van der Waals surface area contributed by atoms with Gasteiger partial charge in [0.05, 0.1) is 10.4 Å². The van der Waals surface area contributed by atoms with E-state index in [1.54, 1.807) is 16.7 Å². The van der Waals surface area contributed by atoms with E-state index in [4.69, 9.17) is 0 Å². The first-order chi connectivity index (χ1) is 11.7. The molecule has 1 aromatic heterocycles. The molecule has 0 N–H and O–H groups in total. The third-order valence-corrected chi connectivity index (χ3v) is 4.69. The van der Waals surface area contributed by atoms with Gasteiger partial charge in [-0.3, -0.25) is 19.5 Å². The van der Waals surface area contributed by atoms with Crippen molar-refractivity contribution >= 4 is 22.5 Å². The number of rotatable bonds is 2. The lowest BCUT2D eigenvalue weighted by Gasteiger charge is -2.15. The van der Waals surface area contributed by atoms with Crippen LogP contribution in [0.1, 0.15) is 34.5 Å². The Labute approximate surface area is 138 Å². The molecule has 0 radical (unpaired) electrons. The second-order valence-corrected chi connectivity index (χ2v) is 6.10. The van der Waals surface area contributed by atoms with Crippen molar-refractivity contribution in [2.45, 2.75) is 25.7 Å². The molecule has 0 saturated heterocycles. The van der Waals surface area contributed by atoms with Crippen molar-refractivity contribution in [3.8, 4) is 0 Å². The number of carbonyl (C=O) groups excluding carboxylic acids is 1. The predicted octanol–water partition coefficient (Wildman–Crippen LogP) is 4.12. The van der Waals surface area contributed by atoms with E-state index in [2.05, 4.69) is 6.07 Å². The quantitative estimate of drug-likeness (QED) is 0.527. The van der Waals surface area contributed by atoms with Gasteiger partial charge in [0.25, 0.3) is 11.6 Å². The Morgan fingerprint density at radius 3 is 2.67 bits per heavy atom. The first-order valence-electron chi connectivity index (χ1n) is 8.07. The Balaban J connectivity index is 1.92. The molecule has 0 aliphatic heterocycles. The summed E-state index contributed by atoms with van der Waals surface area (Å²) in [7, 11) is 0. The van der Waals surface area contributed by atoms with Crippen molar-refractivity contribution in [2.24, 2.45) is 0 Å². The van der Waals surface area contributed by atoms with Crippen molar-refractivity contribution in [3.63, 3.8) is 0 Å². The Morgan fingerprint density at radius 1 is 1.04 bits per heavy atom. The van der Waals surface area contributed by atoms with E-state index in [1.807, 2.05) is 18.2 Å². The minimum absolute atomic E-state index is 0.0637. The maximum Gasteiger partial charge on any atom is 0.270 e. The van der Waals surface area contributed by atoms with Crippen LogP contribution in [0.4, 0.5) is 5.69 Å². The van der Waals surface area contributed by atoms with E-state index in [0.29, 0.717) is 5.56 Å². The van der Waals surface area contributed by atoms with E-state index >= 15 is 0 Å². The molecule has 4 rings (SSSR count). The van der Waals surface area contributed by atoms with Gasteiger partial charge in [0.1, 0.15) is 0 Å². The van der Waals surface area contributed by atoms with Crippen molar-refractivity contribution in [1.29, 1.82) is 0 Å². The van der Waals surface area contributed by atoms with Gasteiger partial charge in [0, 0.05) is 28.8 Å². The fourth-order valence-electron chi connectivity index (χ4n) is 3.61. The average molecular weight is 320 g/mol. The SMILES string of the molecule is O=C(c1cccc([N+](=O)[O-])c1)n1c2c(c3ccccc31)CCCC2. The van der Waals surface area contributed by atoms with Crippen molar-refractivity contribution in [3.05, 3.63) is 75.5 Å². The zero-order chi connectivity index (χ0) is 16.7. The molecule has 24 heavy (non-hydrogen) atoms. The second kappa shape index (κ2) is 5.60. The first-order valence-corrected chi connectivity index (χ1v) is 8.07. The highest BCUT2D eigenvalue weighted by Gasteiger charge is 2.24. The standard InChI is InChI=1S/C19H16N2O3/c22-19(13-6-5-7-14(12-13)21(23)24)20-17-10-3-1-8-15(17)16-9-2-4-11-18(16)20/h1,3,5-8,10,12H,2,4,9,11H2. The van der Waals surface area contributed by atoms with Crippen LogP contribution in [-0.4, -0.2) is 15.4 Å². The summed E-state index contributed by atoms with van der Waals surface area (Å²) in [6, 6.07) is 13.9. The van der Waals surface area contributed by atoms with Gasteiger partial charge >= 0.3 is 0 Å². The molecule has 0 amide bonds. The van der Waals surface area contributed by atoms with Gasteiger partial charge in [-0.1, -0.05) is 24.3 Å². The predicted molar refractivity (Wildman–Crippen MR) is 91.4 cm³/mol. The summed E-state index contributed by atoms with van der Waals surface area (Å²) in [4.78, 5) is 23.6. The van der Waals surface area contributed by atoms with Crippen LogP contribution in [0, 0.1) is 10.1 Å². The number of para-hydroxylation sites is 1. The lowest BCUT2D eigenvalue weighted by molar-refractivity contribution is -0.384. The Hall–Kier alpha value is -2.95. The zero-order valence-electron chi connectivity index (χ0n) is 13.1. The number of nitrogens with zero attached hydrogens (tertiary/aromatic N) is 2. The summed E-state index contributed by atoms with van der Waals surface area (Å²) in [5.74, 6) is -0.196. The number of nitro groups is 1. The molecule has 120 valence electrons. The summed E-state index contributed by atoms with van der Waals surface area (Å²) >= 11 is 0. The highest BCUT2D eigenvalue weighted by atomic mass is 16.6. The van der Waals surface area contributed by atoms with E-state index in [1.165, 1.54) is 17.7 Å². The summed E-state index contributed by atoms with van der Waals surface area (Å²) in [5.41, 5.74) is 3.47. The van der Waals surface area contributed by atoms with Crippen LogP contribution in [0.25, 0.3) is 10.9 Å². The fraction of sp³-hybridized carbons (Fsp3) is 0.211. The lowest BCUT2D eigenvalue weighted by Crippen LogP contribution is -2.17. The maximum atomic E-state index is 13.1. The number of benzene rings is 2. The van der Waals surface area contributed by atoms with Gasteiger partial charge in [-0.25, -0.2) is 0 Å². The molecule has 1 aliphatic rings. The van der Waals surface area contributed by atoms with E-state index in [9.17, 15) is 14.9 Å². The minimum Gasteiger partial charge on any atom is -0.280 e. The molecular weight excluding hydrogens is 304 g/mol. The fourth-order valence-corrected chi connectivity index (χ4v) is 3.61. The van der Waals surface area contributed by atoms with E-state index in [0.717, 1.165) is 42.3 Å². The molecule has 5 nitrogen and oxygen atoms in total. The molecule has 2 aromatic carbocycles. The third kappa shape index (κ3) is 2.21. The third-order valence-electron chi connectivity index (χ3n) is 4.69. The molecule has 0 spiro atoms. The van der Waals surface area contributed by atoms with Crippen LogP contribution < -0.4 is 0 Å². The zero-order valence-corrected chi connectivity index (χ0v) is 13.1. The average Bonchev–Trinajstić information content (AvgIpc) is 2.96. The molecule has 0 atom stereocenters. The Bertz CT molecular complexity index is 972. The topological polar surface area (TPSA) is 65.1 Å². The smallest absolute Gasteiger partial charge is 0.270 e. The highest BCUT2D eigenvalue weighted by molar-refractivity contribution is 6.04. The van der Waals surface area contributed by atoms with E-state index < -0.39 is 4.92 Å². The van der Waals surface area contributed by atoms with Crippen molar-refractivity contribution in [2.75, 3.05) is 0 Å². The number of aryl methyl sites for hydroxylation is 1. The van der Waals surface area contributed by atoms with Crippen molar-refractivity contribution in [1.82, 2.24) is 4.57 Å². The number of fused-ring (bicyclic) bond motifs is 3. The summed E-state index contributed by atoms with van der Waals surface area (Å²) in [6.07, 6.45) is 4.04. The van der Waals surface area contributed by atoms with Gasteiger partial charge in [-0.2, -0.15) is 0 Å². The molecule has 1 heterocycles. The van der Waals surface area contributed by atoms with Gasteiger partial charge in [0.2, 0.25) is 0 Å². The minimum atomic E-state index is -0.472. The highest BCUT2D eigenvalue weighted by Crippen LogP contribution is 2.32. The monoisotopic (exact) mass is 320 g/mol. The molecule has 5 heteroatoms. The molecule has 0 fully saturated rings. The normalized spacial score (nSPS) is 13.7. The number of aromatic nitrogens is 1. The summed E-state index contributed by atoms with van der Waals surface area (Å²) in [6.45, 7) is 0. The van der Waals surface area contributed by atoms with Gasteiger partial charge in [-0.15, -0.1) is 0 Å². The molecule has 1 aliphatic carbocycles. The maximum absolute atomic E-state index is 13.1. The van der Waals surface area contributed by atoms with Crippen LogP contribution in [0.3, 0.4) is 0 Å². The van der Waals surface area contributed by atoms with Crippen LogP contribution in [0.15, 0.2) is 48.5 Å². The molecule has 0 bridgehead atoms. The number of non-ortho nitro benzene ring substituents is 1. The van der Waals surface area contributed by atoms with Gasteiger partial charge in [-0.05, 0) is 43.4 Å². The van der Waals surface area contributed by atoms with Crippen molar-refractivity contribution < 1.29 is 9.72 Å². The van der Waals surface area contributed by atoms with Crippen LogP contribution in [0.2, 0.25) is 0 Å². The largest absolute Gasteiger partial charge is 0.280 e. The van der Waals surface area contributed by atoms with Crippen LogP contribution in [0.5, 0.6) is 0 Å². The molecule has 0 unspecified atom stereocenters. The first kappa shape index (κ1) is 14.6. The van der Waals surface area contributed by atoms with Gasteiger partial charge in [0.15, 0.2) is 0 Å². The summed E-state index contributed by atoms with van der Waals surface area (Å²) < 4.78 is 1.75. The van der Waals surface area contributed by atoms with Crippen LogP contribution in [-0.2, 0) is 12.8 Å². The number of carbonyl (C=O) groups is 1. The number of nitro benzene ring substituents is 1. The second-order valence-electron chi connectivity index (χ2n) is 6.10. The molecule has 0 saturated carbocycles. The number of hydrogen-bond donors (Lipinski definition) is 0. The Morgan fingerprint density at radius 2 is 1.83 bits per heavy atom. The van der Waals surface area contributed by atoms with Gasteiger partial charge < -0.3 is 0 Å². The summed E-state index contributed by atoms with van der Waals surface area (Å²) in [5, 5.41) is 12.1.